The van der Waals surface area contributed by atoms with Crippen LogP contribution in [0.25, 0.3) is 0 Å². The minimum absolute atomic E-state index is 0.0455. The van der Waals surface area contributed by atoms with Crippen molar-refractivity contribution in [2.45, 2.75) is 18.1 Å². The monoisotopic (exact) mass is 525 g/mol. The number of halogens is 3. The first-order valence-electron chi connectivity index (χ1n) is 9.08. The van der Waals surface area contributed by atoms with Crippen LogP contribution in [0.1, 0.15) is 29.1 Å². The fraction of sp³-hybridized carbons (Fsp3) is 0.200. The van der Waals surface area contributed by atoms with E-state index in [0.29, 0.717) is 21.7 Å². The molecule has 7 nitrogen and oxygen atoms in total. The molecular formula is C20H18BrClFN5O2S. The summed E-state index contributed by atoms with van der Waals surface area (Å²) in [4.78, 5) is 24.6. The fourth-order valence-electron chi connectivity index (χ4n) is 2.71. The Balaban J connectivity index is 1.59. The summed E-state index contributed by atoms with van der Waals surface area (Å²) in [5.74, 6) is -0.786. The third-order valence-electron chi connectivity index (χ3n) is 4.26. The number of aromatic nitrogens is 3. The molecule has 3 rings (SSSR count). The zero-order valence-electron chi connectivity index (χ0n) is 16.5. The van der Waals surface area contributed by atoms with Crippen LogP contribution in [-0.2, 0) is 11.8 Å². The smallest absolute Gasteiger partial charge is 0.254 e. The number of benzene rings is 2. The van der Waals surface area contributed by atoms with Crippen molar-refractivity contribution in [3.8, 4) is 0 Å². The third-order valence-corrected chi connectivity index (χ3v) is 6.51. The minimum Gasteiger partial charge on any atom is -0.342 e. The Kier molecular flexibility index (Phi) is 7.69. The largest absolute Gasteiger partial charge is 0.342 e. The standard InChI is InChI=1S/C20H18BrClFN5O2S/c1-11(24-19(30)13-5-3-4-6-16(13)23)18-26-27-20(28(18)2)31-10-17(29)25-12-7-8-14(21)15(22)9-12/h3-9,11H,10H2,1-2H3,(H,24,30)(H,25,29)/t11-/m1/s1. The van der Waals surface area contributed by atoms with E-state index in [9.17, 15) is 14.0 Å². The second kappa shape index (κ2) is 10.3. The number of carbonyl (C=O) groups is 2. The quantitative estimate of drug-likeness (QED) is 0.440. The molecule has 2 N–H and O–H groups in total. The summed E-state index contributed by atoms with van der Waals surface area (Å²) < 4.78 is 16.2. The molecule has 2 amide bonds. The number of rotatable bonds is 7. The van der Waals surface area contributed by atoms with Crippen molar-refractivity contribution < 1.29 is 14.0 Å². The summed E-state index contributed by atoms with van der Waals surface area (Å²) in [6.07, 6.45) is 0. The molecule has 31 heavy (non-hydrogen) atoms. The summed E-state index contributed by atoms with van der Waals surface area (Å²) in [5.41, 5.74) is 0.540. The van der Waals surface area contributed by atoms with Gasteiger partial charge >= 0.3 is 0 Å². The maximum atomic E-state index is 13.8. The van der Waals surface area contributed by atoms with Gasteiger partial charge in [0, 0.05) is 17.2 Å². The van der Waals surface area contributed by atoms with Crippen LogP contribution >= 0.6 is 39.3 Å². The number of amides is 2. The Hall–Kier alpha value is -2.43. The lowest BCUT2D eigenvalue weighted by Crippen LogP contribution is -2.29. The molecule has 1 heterocycles. The number of nitrogens with zero attached hydrogens (tertiary/aromatic N) is 3. The number of hydrogen-bond acceptors (Lipinski definition) is 5. The van der Waals surface area contributed by atoms with Gasteiger partial charge in [-0.25, -0.2) is 4.39 Å². The van der Waals surface area contributed by atoms with Crippen LogP contribution in [0.15, 0.2) is 52.1 Å². The average molecular weight is 527 g/mol. The first-order valence-corrected chi connectivity index (χ1v) is 11.2. The summed E-state index contributed by atoms with van der Waals surface area (Å²) in [6, 6.07) is 10.4. The highest BCUT2D eigenvalue weighted by atomic mass is 79.9. The van der Waals surface area contributed by atoms with Crippen molar-refractivity contribution in [1.82, 2.24) is 20.1 Å². The first kappa shape index (κ1) is 23.2. The molecule has 0 bridgehead atoms. The van der Waals surface area contributed by atoms with E-state index in [1.165, 1.54) is 30.0 Å². The predicted molar refractivity (Wildman–Crippen MR) is 122 cm³/mol. The van der Waals surface area contributed by atoms with E-state index in [1.54, 1.807) is 42.8 Å². The lowest BCUT2D eigenvalue weighted by atomic mass is 10.2. The van der Waals surface area contributed by atoms with E-state index in [2.05, 4.69) is 36.8 Å². The van der Waals surface area contributed by atoms with Crippen molar-refractivity contribution in [2.24, 2.45) is 7.05 Å². The van der Waals surface area contributed by atoms with E-state index in [0.717, 1.165) is 4.47 Å². The summed E-state index contributed by atoms with van der Waals surface area (Å²) >= 11 is 10.5. The van der Waals surface area contributed by atoms with Gasteiger partial charge in [0.2, 0.25) is 5.91 Å². The molecule has 1 atom stereocenters. The number of carbonyl (C=O) groups excluding carboxylic acids is 2. The lowest BCUT2D eigenvalue weighted by Gasteiger charge is -2.14. The molecular weight excluding hydrogens is 509 g/mol. The zero-order valence-corrected chi connectivity index (χ0v) is 19.7. The number of anilines is 1. The topological polar surface area (TPSA) is 88.9 Å². The number of thioether (sulfide) groups is 1. The van der Waals surface area contributed by atoms with Crippen molar-refractivity contribution in [2.75, 3.05) is 11.1 Å². The molecule has 0 saturated carbocycles. The third kappa shape index (κ3) is 5.84. The van der Waals surface area contributed by atoms with Gasteiger partial charge in [-0.3, -0.25) is 9.59 Å². The molecule has 0 aliphatic rings. The molecule has 0 fully saturated rings. The normalized spacial score (nSPS) is 11.8. The van der Waals surface area contributed by atoms with E-state index in [1.807, 2.05) is 0 Å². The van der Waals surface area contributed by atoms with Gasteiger partial charge in [-0.2, -0.15) is 0 Å². The van der Waals surface area contributed by atoms with Gasteiger partial charge in [-0.05, 0) is 53.2 Å². The number of hydrogen-bond donors (Lipinski definition) is 2. The molecule has 2 aromatic carbocycles. The molecule has 0 aliphatic carbocycles. The molecule has 0 spiro atoms. The zero-order chi connectivity index (χ0) is 22.5. The first-order chi connectivity index (χ1) is 14.8. The van der Waals surface area contributed by atoms with Crippen LogP contribution in [0, 0.1) is 5.82 Å². The maximum absolute atomic E-state index is 13.8. The lowest BCUT2D eigenvalue weighted by molar-refractivity contribution is -0.113. The minimum atomic E-state index is -0.598. The van der Waals surface area contributed by atoms with Crippen LogP contribution in [-0.4, -0.2) is 32.3 Å². The van der Waals surface area contributed by atoms with Gasteiger partial charge < -0.3 is 15.2 Å². The van der Waals surface area contributed by atoms with Crippen molar-refractivity contribution >= 4 is 56.8 Å². The van der Waals surface area contributed by atoms with Gasteiger partial charge in [0.25, 0.3) is 5.91 Å². The van der Waals surface area contributed by atoms with Gasteiger partial charge in [0.15, 0.2) is 11.0 Å². The molecule has 3 aromatic rings. The van der Waals surface area contributed by atoms with E-state index in [4.69, 9.17) is 11.6 Å². The van der Waals surface area contributed by atoms with E-state index >= 15 is 0 Å². The Labute approximate surface area is 195 Å². The summed E-state index contributed by atoms with van der Waals surface area (Å²) in [6.45, 7) is 1.72. The molecule has 11 heteroatoms. The Morgan fingerprint density at radius 3 is 2.71 bits per heavy atom. The Bertz CT molecular complexity index is 1130. The number of nitrogens with one attached hydrogen (secondary N) is 2. The SMILES string of the molecule is C[C@@H](NC(=O)c1ccccc1F)c1nnc(SCC(=O)Nc2ccc(Br)c(Cl)c2)n1C. The maximum Gasteiger partial charge on any atom is 0.254 e. The van der Waals surface area contributed by atoms with Crippen molar-refractivity contribution in [1.29, 1.82) is 0 Å². The van der Waals surface area contributed by atoms with Crippen LogP contribution in [0.2, 0.25) is 5.02 Å². The predicted octanol–water partition coefficient (Wildman–Crippen LogP) is 4.59. The second-order valence-electron chi connectivity index (χ2n) is 6.54. The highest BCUT2D eigenvalue weighted by molar-refractivity contribution is 9.10. The summed E-state index contributed by atoms with van der Waals surface area (Å²) in [7, 11) is 1.73. The summed E-state index contributed by atoms with van der Waals surface area (Å²) in [5, 5.41) is 14.7. The van der Waals surface area contributed by atoms with E-state index < -0.39 is 17.8 Å². The Morgan fingerprint density at radius 2 is 2.00 bits per heavy atom. The molecule has 1 aromatic heterocycles. The molecule has 0 saturated heterocycles. The van der Waals surface area contributed by atoms with Crippen molar-refractivity contribution in [3.63, 3.8) is 0 Å². The molecule has 0 unspecified atom stereocenters. The van der Waals surface area contributed by atoms with Gasteiger partial charge in [-0.1, -0.05) is 35.5 Å². The molecule has 162 valence electrons. The Morgan fingerprint density at radius 1 is 1.26 bits per heavy atom. The van der Waals surface area contributed by atoms with E-state index in [-0.39, 0.29) is 17.2 Å². The molecule has 0 aliphatic heterocycles. The van der Waals surface area contributed by atoms with Crippen LogP contribution in [0.4, 0.5) is 10.1 Å². The average Bonchev–Trinajstić information content (AvgIpc) is 3.10. The highest BCUT2D eigenvalue weighted by Gasteiger charge is 2.20. The van der Waals surface area contributed by atoms with Crippen LogP contribution in [0.3, 0.4) is 0 Å². The second-order valence-corrected chi connectivity index (χ2v) is 8.74. The van der Waals surface area contributed by atoms with Crippen molar-refractivity contribution in [3.05, 3.63) is 69.2 Å². The van der Waals surface area contributed by atoms with Crippen LogP contribution < -0.4 is 10.6 Å². The van der Waals surface area contributed by atoms with Gasteiger partial charge in [0.05, 0.1) is 22.4 Å². The molecule has 0 radical (unpaired) electrons. The van der Waals surface area contributed by atoms with Crippen LogP contribution in [0.5, 0.6) is 0 Å². The van der Waals surface area contributed by atoms with Gasteiger partial charge in [-0.15, -0.1) is 10.2 Å². The van der Waals surface area contributed by atoms with Gasteiger partial charge in [0.1, 0.15) is 5.82 Å². The highest BCUT2D eigenvalue weighted by Crippen LogP contribution is 2.26. The fourth-order valence-corrected chi connectivity index (χ4v) is 3.86.